The first-order chi connectivity index (χ1) is 8.43. The average Bonchev–Trinajstić information content (AvgIpc) is 2.73. The molecule has 18 heavy (non-hydrogen) atoms. The first-order valence-electron chi connectivity index (χ1n) is 4.62. The van der Waals surface area contributed by atoms with Gasteiger partial charge in [-0.3, -0.25) is 0 Å². The predicted molar refractivity (Wildman–Crippen MR) is 51.0 cm³/mol. The predicted octanol–water partition coefficient (Wildman–Crippen LogP) is 2.30. The van der Waals surface area contributed by atoms with E-state index >= 15 is 0 Å². The van der Waals surface area contributed by atoms with E-state index in [0.717, 1.165) is 24.3 Å². The second-order valence-electron chi connectivity index (χ2n) is 3.28. The smallest absolute Gasteiger partial charge is 0.207 e. The largest absolute Gasteiger partial charge is 0.436 e. The number of halogens is 4. The van der Waals surface area contributed by atoms with Gasteiger partial charge in [-0.25, -0.2) is 9.07 Å². The van der Waals surface area contributed by atoms with Crippen LogP contribution in [0.15, 0.2) is 24.3 Å². The highest BCUT2D eigenvalue weighted by molar-refractivity contribution is 5.37. The molecular weight excluding hydrogens is 252 g/mol. The lowest BCUT2D eigenvalue weighted by atomic mass is 10.2. The molecule has 0 saturated heterocycles. The molecule has 0 aliphatic heterocycles. The minimum absolute atomic E-state index is 0.0299. The monoisotopic (exact) mass is 256 g/mol. The van der Waals surface area contributed by atoms with Crippen LogP contribution in [0.1, 0.15) is 11.4 Å². The van der Waals surface area contributed by atoms with Crippen LogP contribution in [0, 0.1) is 17.1 Å². The molecular formula is C10H4F4N4. The highest BCUT2D eigenvalue weighted by atomic mass is 19.4. The zero-order chi connectivity index (χ0) is 13.3. The molecule has 92 valence electrons. The summed E-state index contributed by atoms with van der Waals surface area (Å²) >= 11 is 0. The number of alkyl halides is 3. The fourth-order valence-electron chi connectivity index (χ4n) is 1.37. The van der Waals surface area contributed by atoms with Crippen LogP contribution in [0.5, 0.6) is 0 Å². The molecule has 2 rings (SSSR count). The summed E-state index contributed by atoms with van der Waals surface area (Å²) in [5.41, 5.74) is -2.14. The van der Waals surface area contributed by atoms with E-state index in [2.05, 4.69) is 10.3 Å². The van der Waals surface area contributed by atoms with Crippen molar-refractivity contribution in [3.8, 4) is 11.8 Å². The molecule has 8 heteroatoms. The molecule has 1 aromatic carbocycles. The second-order valence-corrected chi connectivity index (χ2v) is 3.28. The average molecular weight is 256 g/mol. The third-order valence-corrected chi connectivity index (χ3v) is 2.12. The molecule has 1 aromatic heterocycles. The number of nitrogens with zero attached hydrogens (tertiary/aromatic N) is 4. The van der Waals surface area contributed by atoms with Crippen LogP contribution in [0.4, 0.5) is 17.6 Å². The lowest BCUT2D eigenvalue weighted by Gasteiger charge is -2.09. The summed E-state index contributed by atoms with van der Waals surface area (Å²) in [6.45, 7) is 0. The molecule has 2 aromatic rings. The molecule has 0 atom stereocenters. The maximum Gasteiger partial charge on any atom is 0.436 e. The normalized spacial score (nSPS) is 11.3. The maximum absolute atomic E-state index is 12.8. The van der Waals surface area contributed by atoms with E-state index in [1.165, 1.54) is 6.07 Å². The maximum atomic E-state index is 12.8. The minimum Gasteiger partial charge on any atom is -0.207 e. The number of aromatic nitrogens is 3. The summed E-state index contributed by atoms with van der Waals surface area (Å²) in [5.74, 6) is -0.590. The summed E-state index contributed by atoms with van der Waals surface area (Å²) in [4.78, 5) is 0. The van der Waals surface area contributed by atoms with Gasteiger partial charge in [0.15, 0.2) is 11.4 Å². The van der Waals surface area contributed by atoms with Crippen LogP contribution in [0.2, 0.25) is 0 Å². The zero-order valence-electron chi connectivity index (χ0n) is 8.61. The second kappa shape index (κ2) is 4.10. The van der Waals surface area contributed by atoms with Gasteiger partial charge in [0.2, 0.25) is 0 Å². The molecule has 4 nitrogen and oxygen atoms in total. The van der Waals surface area contributed by atoms with E-state index in [9.17, 15) is 17.6 Å². The Balaban J connectivity index is 2.63. The molecule has 0 radical (unpaired) electrons. The topological polar surface area (TPSA) is 54.5 Å². The standard InChI is InChI=1S/C10H4F4N4/c11-6-1-3-7(4-2-6)18-9(10(12,13)14)8(5-15)16-17-18/h1-4H. The lowest BCUT2D eigenvalue weighted by Crippen LogP contribution is -2.14. The molecule has 0 N–H and O–H groups in total. The van der Waals surface area contributed by atoms with Crippen LogP contribution in [0.25, 0.3) is 5.69 Å². The van der Waals surface area contributed by atoms with E-state index in [1.807, 2.05) is 0 Å². The van der Waals surface area contributed by atoms with Crippen molar-refractivity contribution < 1.29 is 17.6 Å². The first-order valence-corrected chi connectivity index (χ1v) is 4.62. The number of hydrogen-bond donors (Lipinski definition) is 0. The Hall–Kier alpha value is -2.43. The van der Waals surface area contributed by atoms with Gasteiger partial charge in [-0.15, -0.1) is 5.10 Å². The number of hydrogen-bond acceptors (Lipinski definition) is 3. The number of benzene rings is 1. The van der Waals surface area contributed by atoms with Crippen molar-refractivity contribution >= 4 is 0 Å². The van der Waals surface area contributed by atoms with Crippen molar-refractivity contribution in [1.29, 1.82) is 5.26 Å². The van der Waals surface area contributed by atoms with E-state index in [0.29, 0.717) is 4.68 Å². The third kappa shape index (κ3) is 2.02. The molecule has 0 unspecified atom stereocenters. The lowest BCUT2D eigenvalue weighted by molar-refractivity contribution is -0.143. The van der Waals surface area contributed by atoms with E-state index in [1.54, 1.807) is 0 Å². The fraction of sp³-hybridized carbons (Fsp3) is 0.100. The Morgan fingerprint density at radius 1 is 1.17 bits per heavy atom. The SMILES string of the molecule is N#Cc1nnn(-c2ccc(F)cc2)c1C(F)(F)F. The van der Waals surface area contributed by atoms with Gasteiger partial charge in [0.1, 0.15) is 11.9 Å². The summed E-state index contributed by atoms with van der Waals surface area (Å²) in [6, 6.07) is 5.52. The Morgan fingerprint density at radius 2 is 1.78 bits per heavy atom. The van der Waals surface area contributed by atoms with Crippen LogP contribution in [-0.2, 0) is 6.18 Å². The van der Waals surface area contributed by atoms with Gasteiger partial charge in [0, 0.05) is 0 Å². The van der Waals surface area contributed by atoms with Gasteiger partial charge >= 0.3 is 6.18 Å². The Kier molecular flexibility index (Phi) is 2.74. The number of nitriles is 1. The van der Waals surface area contributed by atoms with Gasteiger partial charge in [-0.1, -0.05) is 5.21 Å². The van der Waals surface area contributed by atoms with Crippen molar-refractivity contribution in [3.63, 3.8) is 0 Å². The summed E-state index contributed by atoms with van der Waals surface area (Å²) in [5, 5.41) is 15.0. The minimum atomic E-state index is -4.77. The number of rotatable bonds is 1. The summed E-state index contributed by atoms with van der Waals surface area (Å²) in [7, 11) is 0. The summed E-state index contributed by atoms with van der Waals surface area (Å²) < 4.78 is 51.4. The van der Waals surface area contributed by atoms with Crippen molar-refractivity contribution in [3.05, 3.63) is 41.5 Å². The van der Waals surface area contributed by atoms with Crippen molar-refractivity contribution in [2.75, 3.05) is 0 Å². The van der Waals surface area contributed by atoms with E-state index in [4.69, 9.17) is 5.26 Å². The Bertz CT molecular complexity index is 606. The quantitative estimate of drug-likeness (QED) is 0.735. The third-order valence-electron chi connectivity index (χ3n) is 2.12. The van der Waals surface area contributed by atoms with Gasteiger partial charge in [0.05, 0.1) is 5.69 Å². The van der Waals surface area contributed by atoms with Gasteiger partial charge in [-0.2, -0.15) is 18.4 Å². The highest BCUT2D eigenvalue weighted by Gasteiger charge is 2.40. The van der Waals surface area contributed by atoms with Gasteiger partial charge in [-0.05, 0) is 24.3 Å². The van der Waals surface area contributed by atoms with Gasteiger partial charge in [0.25, 0.3) is 0 Å². The Labute approximate surface area is 98.1 Å². The zero-order valence-corrected chi connectivity index (χ0v) is 8.61. The van der Waals surface area contributed by atoms with Crippen LogP contribution in [-0.4, -0.2) is 15.0 Å². The first kappa shape index (κ1) is 12.0. The fourth-order valence-corrected chi connectivity index (χ4v) is 1.37. The van der Waals surface area contributed by atoms with Crippen molar-refractivity contribution in [1.82, 2.24) is 15.0 Å². The highest BCUT2D eigenvalue weighted by Crippen LogP contribution is 2.32. The molecule has 0 aliphatic rings. The molecule has 1 heterocycles. The molecule has 0 aliphatic carbocycles. The van der Waals surface area contributed by atoms with E-state index < -0.39 is 23.4 Å². The van der Waals surface area contributed by atoms with Crippen LogP contribution >= 0.6 is 0 Å². The van der Waals surface area contributed by atoms with Crippen molar-refractivity contribution in [2.45, 2.75) is 6.18 Å². The van der Waals surface area contributed by atoms with Crippen molar-refractivity contribution in [2.24, 2.45) is 0 Å². The molecule has 0 bridgehead atoms. The van der Waals surface area contributed by atoms with Gasteiger partial charge < -0.3 is 0 Å². The molecule has 0 fully saturated rings. The van der Waals surface area contributed by atoms with Crippen LogP contribution in [0.3, 0.4) is 0 Å². The molecule has 0 amide bonds. The summed E-state index contributed by atoms with van der Waals surface area (Å²) in [6.07, 6.45) is -4.77. The van der Waals surface area contributed by atoms with E-state index in [-0.39, 0.29) is 5.69 Å². The molecule has 0 spiro atoms. The van der Waals surface area contributed by atoms with Crippen LogP contribution < -0.4 is 0 Å². The molecule has 0 saturated carbocycles. The Morgan fingerprint density at radius 3 is 2.28 bits per heavy atom.